The summed E-state index contributed by atoms with van der Waals surface area (Å²) in [5.41, 5.74) is 4.50. The van der Waals surface area contributed by atoms with Gasteiger partial charge in [-0.2, -0.15) is 11.8 Å². The van der Waals surface area contributed by atoms with E-state index in [-0.39, 0.29) is 17.3 Å². The first-order chi connectivity index (χ1) is 16.2. The van der Waals surface area contributed by atoms with Crippen LogP contribution in [0.5, 0.6) is 0 Å². The highest BCUT2D eigenvalue weighted by molar-refractivity contribution is 7.98. The Labute approximate surface area is 211 Å². The van der Waals surface area contributed by atoms with Crippen LogP contribution in [0, 0.1) is 20.8 Å². The summed E-state index contributed by atoms with van der Waals surface area (Å²) in [5, 5.41) is 3.25. The average Bonchev–Trinajstić information content (AvgIpc) is 2.79. The quantitative estimate of drug-likeness (QED) is 0.361. The Kier molecular flexibility index (Phi) is 9.05. The summed E-state index contributed by atoms with van der Waals surface area (Å²) >= 11 is 7.88. The maximum Gasteiger partial charge on any atom is 0.264 e. The molecule has 0 heterocycles. The average molecular weight is 517 g/mol. The van der Waals surface area contributed by atoms with Crippen molar-refractivity contribution in [2.24, 2.45) is 0 Å². The SMILES string of the molecule is Cc1ccc(S(=O)(=O)N(CC(=O)NCCSCc2cccc(C)c2)c2cc(Cl)ccc2C)cc1. The molecule has 0 aliphatic carbocycles. The number of carbonyl (C=O) groups excluding carboxylic acids is 1. The van der Waals surface area contributed by atoms with Crippen LogP contribution in [0.1, 0.15) is 22.3 Å². The predicted molar refractivity (Wildman–Crippen MR) is 142 cm³/mol. The Morgan fingerprint density at radius 2 is 1.71 bits per heavy atom. The zero-order valence-electron chi connectivity index (χ0n) is 19.5. The molecule has 0 saturated heterocycles. The van der Waals surface area contributed by atoms with Crippen molar-refractivity contribution in [3.8, 4) is 0 Å². The van der Waals surface area contributed by atoms with Gasteiger partial charge in [0.15, 0.2) is 0 Å². The number of hydrogen-bond acceptors (Lipinski definition) is 4. The van der Waals surface area contributed by atoms with E-state index in [1.165, 1.54) is 11.1 Å². The molecule has 0 aliphatic heterocycles. The summed E-state index contributed by atoms with van der Waals surface area (Å²) in [7, 11) is -3.97. The number of nitrogens with one attached hydrogen (secondary N) is 1. The molecule has 34 heavy (non-hydrogen) atoms. The lowest BCUT2D eigenvalue weighted by atomic mass is 10.2. The molecular weight excluding hydrogens is 488 g/mol. The number of anilines is 1. The lowest BCUT2D eigenvalue weighted by molar-refractivity contribution is -0.119. The summed E-state index contributed by atoms with van der Waals surface area (Å²) in [4.78, 5) is 12.9. The van der Waals surface area contributed by atoms with Crippen LogP contribution < -0.4 is 9.62 Å². The number of amides is 1. The third-order valence-electron chi connectivity index (χ3n) is 5.26. The van der Waals surface area contributed by atoms with Crippen molar-refractivity contribution in [2.45, 2.75) is 31.4 Å². The smallest absolute Gasteiger partial charge is 0.264 e. The number of halogens is 1. The van der Waals surface area contributed by atoms with E-state index in [1.807, 2.05) is 13.0 Å². The summed E-state index contributed by atoms with van der Waals surface area (Å²) in [6, 6.07) is 19.9. The highest BCUT2D eigenvalue weighted by Gasteiger charge is 2.28. The van der Waals surface area contributed by atoms with E-state index in [4.69, 9.17) is 11.6 Å². The second kappa shape index (κ2) is 11.8. The van der Waals surface area contributed by atoms with Gasteiger partial charge in [0, 0.05) is 23.1 Å². The molecule has 0 spiro atoms. The molecular formula is C26H29ClN2O3S2. The number of aryl methyl sites for hydroxylation is 3. The molecule has 0 unspecified atom stereocenters. The second-order valence-electron chi connectivity index (χ2n) is 8.15. The van der Waals surface area contributed by atoms with Gasteiger partial charge in [-0.3, -0.25) is 9.10 Å². The zero-order chi connectivity index (χ0) is 24.7. The largest absolute Gasteiger partial charge is 0.354 e. The number of benzene rings is 3. The first-order valence-corrected chi connectivity index (χ1v) is 13.9. The van der Waals surface area contributed by atoms with Crippen molar-refractivity contribution in [1.29, 1.82) is 0 Å². The number of thioether (sulfide) groups is 1. The number of hydrogen-bond donors (Lipinski definition) is 1. The molecule has 0 radical (unpaired) electrons. The third kappa shape index (κ3) is 7.01. The highest BCUT2D eigenvalue weighted by Crippen LogP contribution is 2.29. The van der Waals surface area contributed by atoms with Crippen LogP contribution >= 0.6 is 23.4 Å². The Bertz CT molecular complexity index is 1250. The maximum absolute atomic E-state index is 13.5. The lowest BCUT2D eigenvalue weighted by Gasteiger charge is -2.26. The number of nitrogens with zero attached hydrogens (tertiary/aromatic N) is 1. The topological polar surface area (TPSA) is 66.5 Å². The van der Waals surface area contributed by atoms with Crippen LogP contribution in [0.15, 0.2) is 71.6 Å². The van der Waals surface area contributed by atoms with E-state index in [0.29, 0.717) is 22.8 Å². The van der Waals surface area contributed by atoms with Crippen LogP contribution in [-0.2, 0) is 20.6 Å². The molecule has 1 amide bonds. The monoisotopic (exact) mass is 516 g/mol. The molecule has 180 valence electrons. The zero-order valence-corrected chi connectivity index (χ0v) is 21.9. The van der Waals surface area contributed by atoms with Gasteiger partial charge in [0.1, 0.15) is 6.54 Å². The Balaban J connectivity index is 1.69. The summed E-state index contributed by atoms with van der Waals surface area (Å²) in [5.74, 6) is 1.21. The van der Waals surface area contributed by atoms with Gasteiger partial charge >= 0.3 is 0 Å². The first-order valence-electron chi connectivity index (χ1n) is 10.9. The van der Waals surface area contributed by atoms with E-state index in [0.717, 1.165) is 21.4 Å². The Morgan fingerprint density at radius 3 is 2.41 bits per heavy atom. The van der Waals surface area contributed by atoms with Gasteiger partial charge in [-0.1, -0.05) is 65.2 Å². The Hall–Kier alpha value is -2.48. The van der Waals surface area contributed by atoms with Gasteiger partial charge in [0.05, 0.1) is 10.6 Å². The molecule has 3 rings (SSSR count). The molecule has 8 heteroatoms. The molecule has 3 aromatic rings. The molecule has 0 aliphatic rings. The molecule has 0 aromatic heterocycles. The fourth-order valence-electron chi connectivity index (χ4n) is 3.43. The van der Waals surface area contributed by atoms with Crippen molar-refractivity contribution >= 4 is 45.0 Å². The van der Waals surface area contributed by atoms with E-state index >= 15 is 0 Å². The van der Waals surface area contributed by atoms with Gasteiger partial charge in [-0.15, -0.1) is 0 Å². The maximum atomic E-state index is 13.5. The minimum atomic E-state index is -3.97. The molecule has 0 bridgehead atoms. The Morgan fingerprint density at radius 1 is 0.971 bits per heavy atom. The normalized spacial score (nSPS) is 11.3. The predicted octanol–water partition coefficient (Wildman–Crippen LogP) is 5.51. The standard InChI is InChI=1S/C26H29ClN2O3S2/c1-19-7-11-24(12-8-19)34(31,32)29(25-16-23(27)10-9-21(25)3)17-26(30)28-13-14-33-18-22-6-4-5-20(2)15-22/h4-12,15-16H,13-14,17-18H2,1-3H3,(H,28,30). The van der Waals surface area contributed by atoms with E-state index in [2.05, 4.69) is 30.4 Å². The van der Waals surface area contributed by atoms with Crippen molar-refractivity contribution in [1.82, 2.24) is 5.32 Å². The molecule has 1 N–H and O–H groups in total. The van der Waals surface area contributed by atoms with Crippen LogP contribution in [-0.4, -0.2) is 33.2 Å². The molecule has 3 aromatic carbocycles. The fraction of sp³-hybridized carbons (Fsp3) is 0.269. The van der Waals surface area contributed by atoms with Crippen LogP contribution in [0.4, 0.5) is 5.69 Å². The number of sulfonamides is 1. The molecule has 0 fully saturated rings. The highest BCUT2D eigenvalue weighted by atomic mass is 35.5. The lowest BCUT2D eigenvalue weighted by Crippen LogP contribution is -2.41. The second-order valence-corrected chi connectivity index (χ2v) is 11.6. The van der Waals surface area contributed by atoms with Crippen LogP contribution in [0.2, 0.25) is 5.02 Å². The molecule has 0 saturated carbocycles. The van der Waals surface area contributed by atoms with E-state index in [1.54, 1.807) is 61.2 Å². The molecule has 0 atom stereocenters. The van der Waals surface area contributed by atoms with Crippen LogP contribution in [0.3, 0.4) is 0 Å². The van der Waals surface area contributed by atoms with Crippen molar-refractivity contribution < 1.29 is 13.2 Å². The van der Waals surface area contributed by atoms with Gasteiger partial charge in [-0.25, -0.2) is 8.42 Å². The summed E-state index contributed by atoms with van der Waals surface area (Å²) in [6.07, 6.45) is 0. The van der Waals surface area contributed by atoms with Crippen molar-refractivity contribution in [2.75, 3.05) is 23.1 Å². The minimum Gasteiger partial charge on any atom is -0.354 e. The number of rotatable bonds is 10. The fourth-order valence-corrected chi connectivity index (χ4v) is 5.88. The van der Waals surface area contributed by atoms with Gasteiger partial charge < -0.3 is 5.32 Å². The summed E-state index contributed by atoms with van der Waals surface area (Å²) < 4.78 is 28.1. The van der Waals surface area contributed by atoms with Gasteiger partial charge in [0.25, 0.3) is 10.0 Å². The van der Waals surface area contributed by atoms with E-state index in [9.17, 15) is 13.2 Å². The van der Waals surface area contributed by atoms with Crippen molar-refractivity contribution in [3.63, 3.8) is 0 Å². The van der Waals surface area contributed by atoms with Gasteiger partial charge in [-0.05, 0) is 56.2 Å². The van der Waals surface area contributed by atoms with Crippen molar-refractivity contribution in [3.05, 3.63) is 94.0 Å². The van der Waals surface area contributed by atoms with E-state index < -0.39 is 10.0 Å². The molecule has 5 nitrogen and oxygen atoms in total. The van der Waals surface area contributed by atoms with Gasteiger partial charge in [0.2, 0.25) is 5.91 Å². The first kappa shape index (κ1) is 26.1. The van der Waals surface area contributed by atoms with Crippen LogP contribution in [0.25, 0.3) is 0 Å². The number of carbonyl (C=O) groups is 1. The summed E-state index contributed by atoms with van der Waals surface area (Å²) in [6.45, 7) is 5.86. The third-order valence-corrected chi connectivity index (χ3v) is 8.30. The minimum absolute atomic E-state index is 0.124.